The van der Waals surface area contributed by atoms with Gasteiger partial charge in [-0.25, -0.2) is 0 Å². The van der Waals surface area contributed by atoms with E-state index < -0.39 is 17.9 Å². The number of hydrogen-bond acceptors (Lipinski definition) is 4. The molecule has 6 nitrogen and oxygen atoms in total. The molecule has 0 bridgehead atoms. The van der Waals surface area contributed by atoms with E-state index in [1.165, 1.54) is 0 Å². The maximum atomic E-state index is 12.4. The minimum Gasteiger partial charge on any atom is -0.489 e. The van der Waals surface area contributed by atoms with Crippen molar-refractivity contribution < 1.29 is 19.1 Å². The van der Waals surface area contributed by atoms with Crippen LogP contribution in [0, 0.1) is 6.92 Å². The first-order valence-corrected chi connectivity index (χ1v) is 10.2. The highest BCUT2D eigenvalue weighted by Gasteiger charge is 2.19. The molecule has 160 valence electrons. The summed E-state index contributed by atoms with van der Waals surface area (Å²) in [6.07, 6.45) is -0.250. The molecule has 0 aliphatic heterocycles. The van der Waals surface area contributed by atoms with Crippen LogP contribution in [0.5, 0.6) is 11.5 Å². The highest BCUT2D eigenvalue weighted by molar-refractivity contribution is 5.95. The third kappa shape index (κ3) is 6.60. The van der Waals surface area contributed by atoms with Gasteiger partial charge in [-0.1, -0.05) is 55.0 Å². The number of nitrogens with one attached hydrogen (secondary N) is 2. The molecule has 0 aromatic heterocycles. The Morgan fingerprint density at radius 2 is 1.48 bits per heavy atom. The summed E-state index contributed by atoms with van der Waals surface area (Å²) in [7, 11) is 0. The number of benzene rings is 3. The van der Waals surface area contributed by atoms with Gasteiger partial charge in [0.2, 0.25) is 0 Å². The number of hydrogen-bond donors (Lipinski definition) is 2. The van der Waals surface area contributed by atoms with Gasteiger partial charge in [0.05, 0.1) is 0 Å². The zero-order valence-electron chi connectivity index (χ0n) is 17.6. The minimum atomic E-state index is -0.711. The van der Waals surface area contributed by atoms with Crippen LogP contribution in [-0.2, 0) is 11.4 Å². The molecular formula is C25H26N2O4. The Hall–Kier alpha value is -3.80. The normalized spacial score (nSPS) is 11.3. The summed E-state index contributed by atoms with van der Waals surface area (Å²) >= 11 is 0. The first-order chi connectivity index (χ1) is 15.0. The number of amides is 2. The second-order valence-corrected chi connectivity index (χ2v) is 7.07. The molecule has 2 N–H and O–H groups in total. The average Bonchev–Trinajstić information content (AvgIpc) is 2.81. The summed E-state index contributed by atoms with van der Waals surface area (Å²) < 4.78 is 11.4. The monoisotopic (exact) mass is 418 g/mol. The first kappa shape index (κ1) is 21.9. The van der Waals surface area contributed by atoms with Crippen LogP contribution in [0.2, 0.25) is 0 Å². The fourth-order valence-corrected chi connectivity index (χ4v) is 2.82. The predicted octanol–water partition coefficient (Wildman–Crippen LogP) is 4.19. The summed E-state index contributed by atoms with van der Waals surface area (Å²) in [5.41, 5.74) is 7.42. The van der Waals surface area contributed by atoms with E-state index in [2.05, 4.69) is 10.9 Å². The lowest BCUT2D eigenvalue weighted by Gasteiger charge is -2.17. The van der Waals surface area contributed by atoms with Crippen molar-refractivity contribution in [1.29, 1.82) is 0 Å². The zero-order chi connectivity index (χ0) is 22.1. The molecule has 0 saturated heterocycles. The summed E-state index contributed by atoms with van der Waals surface area (Å²) in [5, 5.41) is 0. The van der Waals surface area contributed by atoms with Gasteiger partial charge < -0.3 is 9.47 Å². The Labute approximate surface area is 182 Å². The maximum absolute atomic E-state index is 12.4. The highest BCUT2D eigenvalue weighted by Crippen LogP contribution is 2.15. The van der Waals surface area contributed by atoms with Crippen LogP contribution >= 0.6 is 0 Å². The molecule has 3 rings (SSSR count). The standard InChI is InChI=1S/C25H26N2O4/c1-3-23(31-22-13-9-18(2)10-14-22)25(29)27-26-24(28)20-11-15-21(16-12-20)30-17-19-7-5-4-6-8-19/h4-16,23H,3,17H2,1-2H3,(H,26,28)(H,27,29). The summed E-state index contributed by atoms with van der Waals surface area (Å²) in [6.45, 7) is 4.27. The SMILES string of the molecule is CCC(Oc1ccc(C)cc1)C(=O)NNC(=O)c1ccc(OCc2ccccc2)cc1. The lowest BCUT2D eigenvalue weighted by atomic mass is 10.2. The average molecular weight is 418 g/mol. The first-order valence-electron chi connectivity index (χ1n) is 10.2. The molecule has 0 aliphatic rings. The van der Waals surface area contributed by atoms with Gasteiger partial charge in [-0.2, -0.15) is 0 Å². The van der Waals surface area contributed by atoms with Gasteiger partial charge in [0.25, 0.3) is 11.8 Å². The highest BCUT2D eigenvalue weighted by atomic mass is 16.5. The topological polar surface area (TPSA) is 76.7 Å². The number of carbonyl (C=O) groups is 2. The van der Waals surface area contributed by atoms with Crippen LogP contribution < -0.4 is 20.3 Å². The van der Waals surface area contributed by atoms with Crippen molar-refractivity contribution in [2.45, 2.75) is 33.0 Å². The lowest BCUT2D eigenvalue weighted by Crippen LogP contribution is -2.47. The number of aryl methyl sites for hydroxylation is 1. The minimum absolute atomic E-state index is 0.403. The molecule has 0 fully saturated rings. The Balaban J connectivity index is 1.48. The van der Waals surface area contributed by atoms with Crippen molar-refractivity contribution in [2.75, 3.05) is 0 Å². The second-order valence-electron chi connectivity index (χ2n) is 7.07. The fourth-order valence-electron chi connectivity index (χ4n) is 2.82. The van der Waals surface area contributed by atoms with Crippen molar-refractivity contribution >= 4 is 11.8 Å². The van der Waals surface area contributed by atoms with E-state index in [0.29, 0.717) is 30.1 Å². The molecule has 2 amide bonds. The molecule has 0 saturated carbocycles. The molecule has 1 unspecified atom stereocenters. The molecule has 0 spiro atoms. The van der Waals surface area contributed by atoms with Crippen molar-refractivity contribution in [3.8, 4) is 11.5 Å². The zero-order valence-corrected chi connectivity index (χ0v) is 17.6. The van der Waals surface area contributed by atoms with E-state index in [1.54, 1.807) is 24.3 Å². The number of rotatable bonds is 8. The van der Waals surface area contributed by atoms with Crippen molar-refractivity contribution in [1.82, 2.24) is 10.9 Å². The van der Waals surface area contributed by atoms with Crippen LogP contribution in [0.3, 0.4) is 0 Å². The predicted molar refractivity (Wildman–Crippen MR) is 119 cm³/mol. The van der Waals surface area contributed by atoms with Gasteiger partial charge >= 0.3 is 0 Å². The number of carbonyl (C=O) groups excluding carboxylic acids is 2. The molecular weight excluding hydrogens is 392 g/mol. The molecule has 0 aliphatic carbocycles. The summed E-state index contributed by atoms with van der Waals surface area (Å²) in [5.74, 6) is 0.416. The molecule has 0 heterocycles. The van der Waals surface area contributed by atoms with Crippen LogP contribution in [0.25, 0.3) is 0 Å². The summed E-state index contributed by atoms with van der Waals surface area (Å²) in [6, 6.07) is 24.0. The quantitative estimate of drug-likeness (QED) is 0.538. The van der Waals surface area contributed by atoms with Gasteiger partial charge in [0.15, 0.2) is 6.10 Å². The largest absolute Gasteiger partial charge is 0.489 e. The molecule has 3 aromatic carbocycles. The third-order valence-electron chi connectivity index (χ3n) is 4.63. The van der Waals surface area contributed by atoms with E-state index >= 15 is 0 Å². The molecule has 1 atom stereocenters. The van der Waals surface area contributed by atoms with E-state index in [-0.39, 0.29) is 0 Å². The Bertz CT molecular complexity index is 986. The molecule has 6 heteroatoms. The van der Waals surface area contributed by atoms with E-state index in [0.717, 1.165) is 11.1 Å². The maximum Gasteiger partial charge on any atom is 0.279 e. The molecule has 3 aromatic rings. The van der Waals surface area contributed by atoms with Crippen LogP contribution in [0.15, 0.2) is 78.9 Å². The van der Waals surface area contributed by atoms with Gasteiger partial charge in [-0.3, -0.25) is 20.4 Å². The van der Waals surface area contributed by atoms with E-state index in [4.69, 9.17) is 9.47 Å². The lowest BCUT2D eigenvalue weighted by molar-refractivity contribution is -0.128. The Morgan fingerprint density at radius 3 is 2.13 bits per heavy atom. The van der Waals surface area contributed by atoms with E-state index in [9.17, 15) is 9.59 Å². The second kappa shape index (κ2) is 10.8. The van der Waals surface area contributed by atoms with Crippen LogP contribution in [0.4, 0.5) is 0 Å². The Kier molecular flexibility index (Phi) is 7.65. The fraction of sp³-hybridized carbons (Fsp3) is 0.200. The Morgan fingerprint density at radius 1 is 0.839 bits per heavy atom. The number of ether oxygens (including phenoxy) is 2. The third-order valence-corrected chi connectivity index (χ3v) is 4.63. The van der Waals surface area contributed by atoms with Crippen LogP contribution in [-0.4, -0.2) is 17.9 Å². The van der Waals surface area contributed by atoms with Crippen molar-refractivity contribution in [3.63, 3.8) is 0 Å². The smallest absolute Gasteiger partial charge is 0.279 e. The van der Waals surface area contributed by atoms with Gasteiger partial charge in [-0.15, -0.1) is 0 Å². The van der Waals surface area contributed by atoms with Gasteiger partial charge in [0.1, 0.15) is 18.1 Å². The van der Waals surface area contributed by atoms with Crippen molar-refractivity contribution in [3.05, 3.63) is 95.6 Å². The summed E-state index contributed by atoms with van der Waals surface area (Å²) in [4.78, 5) is 24.7. The van der Waals surface area contributed by atoms with Crippen LogP contribution in [0.1, 0.15) is 34.8 Å². The van der Waals surface area contributed by atoms with Gasteiger partial charge in [-0.05, 0) is 55.3 Å². The van der Waals surface area contributed by atoms with E-state index in [1.807, 2.05) is 68.4 Å². The van der Waals surface area contributed by atoms with Crippen molar-refractivity contribution in [2.24, 2.45) is 0 Å². The number of hydrazine groups is 1. The molecule has 0 radical (unpaired) electrons. The molecule has 31 heavy (non-hydrogen) atoms. The van der Waals surface area contributed by atoms with Gasteiger partial charge in [0, 0.05) is 5.56 Å².